The molecule has 1 aliphatic carbocycles. The summed E-state index contributed by atoms with van der Waals surface area (Å²) in [5.74, 6) is 0.134. The molecule has 1 fully saturated rings. The van der Waals surface area contributed by atoms with Gasteiger partial charge in [0.2, 0.25) is 5.91 Å². The van der Waals surface area contributed by atoms with Gasteiger partial charge < -0.3 is 10.6 Å². The lowest BCUT2D eigenvalue weighted by Gasteiger charge is -2.29. The van der Waals surface area contributed by atoms with E-state index >= 15 is 0 Å². The highest BCUT2D eigenvalue weighted by molar-refractivity contribution is 8.00. The van der Waals surface area contributed by atoms with Crippen molar-refractivity contribution in [2.45, 2.75) is 76.1 Å². The first-order valence-corrected chi connectivity index (χ1v) is 8.84. The van der Waals surface area contributed by atoms with Crippen LogP contribution in [0.1, 0.15) is 59.3 Å². The predicted molar refractivity (Wildman–Crippen MR) is 84.7 cm³/mol. The molecule has 0 aromatic rings. The Hall–Kier alpha value is -0.220. The fourth-order valence-electron chi connectivity index (χ4n) is 2.78. The van der Waals surface area contributed by atoms with Gasteiger partial charge in [0.15, 0.2) is 0 Å². The van der Waals surface area contributed by atoms with Crippen LogP contribution in [0.25, 0.3) is 0 Å². The van der Waals surface area contributed by atoms with Crippen molar-refractivity contribution < 1.29 is 4.79 Å². The van der Waals surface area contributed by atoms with E-state index in [1.165, 1.54) is 25.7 Å². The summed E-state index contributed by atoms with van der Waals surface area (Å²) in [5.41, 5.74) is 0. The summed E-state index contributed by atoms with van der Waals surface area (Å²) in [6.45, 7) is 7.14. The smallest absolute Gasteiger partial charge is 0.237 e. The Labute approximate surface area is 122 Å². The number of amides is 1. The van der Waals surface area contributed by atoms with Crippen molar-refractivity contribution in [1.29, 1.82) is 0 Å². The lowest BCUT2D eigenvalue weighted by molar-refractivity contribution is -0.123. The van der Waals surface area contributed by atoms with E-state index in [0.29, 0.717) is 4.75 Å². The van der Waals surface area contributed by atoms with Crippen molar-refractivity contribution in [2.24, 2.45) is 0 Å². The summed E-state index contributed by atoms with van der Waals surface area (Å²) in [7, 11) is 0. The van der Waals surface area contributed by atoms with Gasteiger partial charge in [-0.15, -0.1) is 0 Å². The first-order valence-electron chi connectivity index (χ1n) is 7.62. The number of hydrogen-bond donors (Lipinski definition) is 2. The van der Waals surface area contributed by atoms with E-state index in [1.54, 1.807) is 0 Å². The lowest BCUT2D eigenvalue weighted by Crippen LogP contribution is -2.49. The summed E-state index contributed by atoms with van der Waals surface area (Å²) in [5, 5.41) is 6.51. The van der Waals surface area contributed by atoms with Crippen LogP contribution in [0.4, 0.5) is 0 Å². The van der Waals surface area contributed by atoms with Crippen LogP contribution in [0.5, 0.6) is 0 Å². The van der Waals surface area contributed by atoms with Crippen molar-refractivity contribution >= 4 is 17.7 Å². The molecule has 0 saturated heterocycles. The summed E-state index contributed by atoms with van der Waals surface area (Å²) in [4.78, 5) is 12.0. The number of nitrogens with one attached hydrogen (secondary N) is 2. The quantitative estimate of drug-likeness (QED) is 0.721. The van der Waals surface area contributed by atoms with E-state index in [1.807, 2.05) is 18.7 Å². The average molecular weight is 286 g/mol. The van der Waals surface area contributed by atoms with Crippen LogP contribution in [0.15, 0.2) is 0 Å². The number of hydrogen-bond acceptors (Lipinski definition) is 3. The van der Waals surface area contributed by atoms with Gasteiger partial charge >= 0.3 is 0 Å². The fraction of sp³-hybridized carbons (Fsp3) is 0.933. The van der Waals surface area contributed by atoms with Crippen LogP contribution in [-0.4, -0.2) is 35.5 Å². The van der Waals surface area contributed by atoms with Gasteiger partial charge in [0.1, 0.15) is 0 Å². The van der Waals surface area contributed by atoms with Crippen molar-refractivity contribution in [3.63, 3.8) is 0 Å². The lowest BCUT2D eigenvalue weighted by atomic mass is 10.1. The minimum atomic E-state index is -0.0936. The van der Waals surface area contributed by atoms with Gasteiger partial charge in [0, 0.05) is 17.3 Å². The zero-order valence-electron chi connectivity index (χ0n) is 12.9. The highest BCUT2D eigenvalue weighted by Crippen LogP contribution is 2.39. The predicted octanol–water partition coefficient (Wildman–Crippen LogP) is 2.95. The van der Waals surface area contributed by atoms with Crippen LogP contribution < -0.4 is 10.6 Å². The van der Waals surface area contributed by atoms with Crippen molar-refractivity contribution in [1.82, 2.24) is 10.6 Å². The van der Waals surface area contributed by atoms with Crippen LogP contribution in [0, 0.1) is 0 Å². The molecule has 0 aromatic carbocycles. The first-order chi connectivity index (χ1) is 9.03. The van der Waals surface area contributed by atoms with E-state index in [0.717, 1.165) is 19.4 Å². The van der Waals surface area contributed by atoms with Crippen molar-refractivity contribution in [3.05, 3.63) is 0 Å². The molecule has 0 radical (unpaired) electrons. The SMILES string of the molecule is CCCC(C)NC(=O)C(C)NCC1(SC)CCCC1. The number of thioether (sulfide) groups is 1. The Kier molecular flexibility index (Phi) is 7.22. The largest absolute Gasteiger partial charge is 0.352 e. The zero-order valence-corrected chi connectivity index (χ0v) is 13.7. The second kappa shape index (κ2) is 8.15. The van der Waals surface area contributed by atoms with Gasteiger partial charge in [0.25, 0.3) is 0 Å². The second-order valence-electron chi connectivity index (χ2n) is 5.90. The molecule has 0 heterocycles. The van der Waals surface area contributed by atoms with E-state index in [2.05, 4.69) is 30.7 Å². The molecular weight excluding hydrogens is 256 g/mol. The minimum absolute atomic E-state index is 0.0936. The summed E-state index contributed by atoms with van der Waals surface area (Å²) >= 11 is 1.96. The Balaban J connectivity index is 2.33. The monoisotopic (exact) mass is 286 g/mol. The Bertz CT molecular complexity index is 277. The van der Waals surface area contributed by atoms with Gasteiger partial charge in [-0.1, -0.05) is 26.2 Å². The molecule has 2 N–H and O–H groups in total. The number of carbonyl (C=O) groups is 1. The molecule has 19 heavy (non-hydrogen) atoms. The molecule has 0 bridgehead atoms. The molecular formula is C15H30N2OS. The normalized spacial score (nSPS) is 21.1. The molecule has 112 valence electrons. The van der Waals surface area contributed by atoms with Gasteiger partial charge in [-0.2, -0.15) is 11.8 Å². The maximum Gasteiger partial charge on any atom is 0.237 e. The first kappa shape index (κ1) is 16.8. The van der Waals surface area contributed by atoms with Crippen LogP contribution in [0.3, 0.4) is 0 Å². The molecule has 2 atom stereocenters. The zero-order chi connectivity index (χ0) is 14.3. The third-order valence-electron chi connectivity index (χ3n) is 4.18. The van der Waals surface area contributed by atoms with E-state index in [-0.39, 0.29) is 18.0 Å². The Morgan fingerprint density at radius 3 is 2.47 bits per heavy atom. The molecule has 0 aliphatic heterocycles. The Morgan fingerprint density at radius 2 is 1.95 bits per heavy atom. The molecule has 2 unspecified atom stereocenters. The number of rotatable bonds is 8. The molecule has 1 aliphatic rings. The van der Waals surface area contributed by atoms with E-state index < -0.39 is 0 Å². The topological polar surface area (TPSA) is 41.1 Å². The van der Waals surface area contributed by atoms with Gasteiger partial charge in [0.05, 0.1) is 6.04 Å². The second-order valence-corrected chi connectivity index (χ2v) is 7.17. The highest BCUT2D eigenvalue weighted by Gasteiger charge is 2.33. The molecule has 4 heteroatoms. The molecule has 1 rings (SSSR count). The summed E-state index contributed by atoms with van der Waals surface area (Å²) < 4.78 is 0.365. The molecule has 0 aromatic heterocycles. The summed E-state index contributed by atoms with van der Waals surface area (Å²) in [6.07, 6.45) is 9.57. The van der Waals surface area contributed by atoms with E-state index in [4.69, 9.17) is 0 Å². The van der Waals surface area contributed by atoms with Gasteiger partial charge in [-0.05, 0) is 39.4 Å². The van der Waals surface area contributed by atoms with Crippen LogP contribution >= 0.6 is 11.8 Å². The van der Waals surface area contributed by atoms with Crippen LogP contribution in [0.2, 0.25) is 0 Å². The maximum absolute atomic E-state index is 12.0. The molecule has 1 amide bonds. The maximum atomic E-state index is 12.0. The standard InChI is InChI=1S/C15H30N2OS/c1-5-8-12(2)17-14(18)13(3)16-11-15(19-4)9-6-7-10-15/h12-13,16H,5-11H2,1-4H3,(H,17,18). The molecule has 3 nitrogen and oxygen atoms in total. The minimum Gasteiger partial charge on any atom is -0.352 e. The molecule has 1 saturated carbocycles. The average Bonchev–Trinajstić information content (AvgIpc) is 2.85. The Morgan fingerprint density at radius 1 is 1.32 bits per heavy atom. The van der Waals surface area contributed by atoms with Gasteiger partial charge in [-0.25, -0.2) is 0 Å². The third kappa shape index (κ3) is 5.35. The number of carbonyl (C=O) groups excluding carboxylic acids is 1. The van der Waals surface area contributed by atoms with E-state index in [9.17, 15) is 4.79 Å². The van der Waals surface area contributed by atoms with Crippen molar-refractivity contribution in [2.75, 3.05) is 12.8 Å². The van der Waals surface area contributed by atoms with Gasteiger partial charge in [-0.3, -0.25) is 4.79 Å². The van der Waals surface area contributed by atoms with Crippen molar-refractivity contribution in [3.8, 4) is 0 Å². The fourth-order valence-corrected chi connectivity index (χ4v) is 3.70. The van der Waals surface area contributed by atoms with Crippen LogP contribution in [-0.2, 0) is 4.79 Å². The third-order valence-corrected chi connectivity index (χ3v) is 5.60. The highest BCUT2D eigenvalue weighted by atomic mass is 32.2. The molecule has 0 spiro atoms. The summed E-state index contributed by atoms with van der Waals surface area (Å²) in [6, 6.07) is 0.187.